The first-order valence-corrected chi connectivity index (χ1v) is 3.50. The van der Waals surface area contributed by atoms with Crippen molar-refractivity contribution in [2.24, 2.45) is 11.8 Å². The number of rotatable bonds is 2. The molecule has 1 aliphatic rings. The van der Waals surface area contributed by atoms with E-state index in [0.717, 1.165) is 17.6 Å². The Labute approximate surface area is 50.7 Å². The maximum absolute atomic E-state index is 4.89. The van der Waals surface area contributed by atoms with Gasteiger partial charge in [-0.3, -0.25) is 0 Å². The Bertz CT molecular complexity index is 57.2. The Morgan fingerprint density at radius 1 is 1.71 bits per heavy atom. The average molecular weight is 115 g/mol. The summed E-state index contributed by atoms with van der Waals surface area (Å²) < 4.78 is 0. The highest BCUT2D eigenvalue weighted by Gasteiger charge is 2.26. The zero-order chi connectivity index (χ0) is 5.28. The molecule has 0 spiro atoms. The molecule has 0 aliphatic heterocycles. The molecule has 41 valence electrons. The van der Waals surface area contributed by atoms with Crippen molar-refractivity contribution in [1.82, 2.24) is 0 Å². The van der Waals surface area contributed by atoms with Crippen molar-refractivity contribution in [1.29, 1.82) is 0 Å². The summed E-state index contributed by atoms with van der Waals surface area (Å²) in [7, 11) is 0. The van der Waals surface area contributed by atoms with Crippen molar-refractivity contribution in [2.45, 2.75) is 19.8 Å². The highest BCUT2D eigenvalue weighted by molar-refractivity contribution is 7.80. The maximum Gasteiger partial charge on any atom is 0.00653 e. The molecule has 0 bridgehead atoms. The van der Waals surface area contributed by atoms with Gasteiger partial charge in [0.1, 0.15) is 0 Å². The van der Waals surface area contributed by atoms with Crippen LogP contribution in [-0.2, 0) is 0 Å². The van der Waals surface area contributed by atoms with Gasteiger partial charge in [-0.2, -0.15) is 0 Å². The van der Waals surface area contributed by atoms with Crippen molar-refractivity contribution in [3.05, 3.63) is 0 Å². The van der Waals surface area contributed by atoms with E-state index in [4.69, 9.17) is 12.6 Å². The second kappa shape index (κ2) is 2.08. The Balaban J connectivity index is 2.10. The molecule has 1 atom stereocenters. The van der Waals surface area contributed by atoms with Crippen LogP contribution in [0.1, 0.15) is 19.8 Å². The van der Waals surface area contributed by atoms with E-state index in [-0.39, 0.29) is 0 Å². The van der Waals surface area contributed by atoms with E-state index < -0.39 is 0 Å². The maximum atomic E-state index is 4.89. The molecule has 1 rings (SSSR count). The van der Waals surface area contributed by atoms with Crippen molar-refractivity contribution in [3.63, 3.8) is 0 Å². The summed E-state index contributed by atoms with van der Waals surface area (Å²) in [4.78, 5) is 0. The van der Waals surface area contributed by atoms with Gasteiger partial charge in [-0.25, -0.2) is 0 Å². The van der Waals surface area contributed by atoms with Crippen LogP contribution in [0.4, 0.5) is 0 Å². The fourth-order valence-corrected chi connectivity index (χ4v) is 1.07. The molecule has 0 saturated heterocycles. The van der Waals surface area contributed by atoms with Gasteiger partial charge >= 0.3 is 0 Å². The molecule has 7 heavy (non-hydrogen) atoms. The Kier molecular flexibility index (Phi) is 1.63. The smallest absolute Gasteiger partial charge is 0.00653 e. The third-order valence-corrected chi connectivity index (χ3v) is 2.22. The van der Waals surface area contributed by atoms with E-state index in [1.165, 1.54) is 12.8 Å². The van der Waals surface area contributed by atoms with Crippen molar-refractivity contribution in [2.75, 3.05) is 5.75 Å². The van der Waals surface area contributed by atoms with Crippen LogP contribution in [0.5, 0.6) is 0 Å². The summed E-state index contributed by atoms with van der Waals surface area (Å²) in [5, 5.41) is 0. The van der Waals surface area contributed by atoms with Crippen LogP contribution in [0.3, 0.4) is 0 Å². The van der Waals surface area contributed by atoms with E-state index in [2.05, 4.69) is 6.92 Å². The molecule has 1 radical (unpaired) electrons. The molecule has 0 nitrogen and oxygen atoms in total. The highest BCUT2D eigenvalue weighted by Crippen LogP contribution is 2.36. The van der Waals surface area contributed by atoms with Gasteiger partial charge in [0.05, 0.1) is 0 Å². The third-order valence-electron chi connectivity index (χ3n) is 1.69. The zero-order valence-electron chi connectivity index (χ0n) is 4.68. The molecule has 0 aromatic rings. The average Bonchev–Trinajstić information content (AvgIpc) is 2.44. The molecular weight excluding hydrogens is 104 g/mol. The minimum Gasteiger partial charge on any atom is -0.0939 e. The largest absolute Gasteiger partial charge is 0.0939 e. The molecule has 0 amide bonds. The zero-order valence-corrected chi connectivity index (χ0v) is 5.50. The van der Waals surface area contributed by atoms with Crippen LogP contribution in [0, 0.1) is 11.8 Å². The fourth-order valence-electron chi connectivity index (χ4n) is 0.801. The van der Waals surface area contributed by atoms with Gasteiger partial charge in [-0.15, -0.1) is 0 Å². The molecule has 1 unspecified atom stereocenters. The van der Waals surface area contributed by atoms with Gasteiger partial charge in [-0.1, -0.05) is 19.6 Å². The second-order valence-electron chi connectivity index (χ2n) is 2.48. The van der Waals surface area contributed by atoms with E-state index in [1.807, 2.05) is 0 Å². The lowest BCUT2D eigenvalue weighted by atomic mass is 10.1. The van der Waals surface area contributed by atoms with E-state index in [0.29, 0.717) is 0 Å². The van der Waals surface area contributed by atoms with Crippen LogP contribution in [0.15, 0.2) is 0 Å². The number of hydrogen-bond acceptors (Lipinski definition) is 0. The lowest BCUT2D eigenvalue weighted by Gasteiger charge is -2.00. The van der Waals surface area contributed by atoms with Crippen LogP contribution >= 0.6 is 12.6 Å². The monoisotopic (exact) mass is 115 g/mol. The molecular formula is C6H11S. The Morgan fingerprint density at radius 3 is 2.43 bits per heavy atom. The molecule has 0 heterocycles. The van der Waals surface area contributed by atoms with Gasteiger partial charge in [0.2, 0.25) is 0 Å². The Morgan fingerprint density at radius 2 is 2.29 bits per heavy atom. The quantitative estimate of drug-likeness (QED) is 0.517. The van der Waals surface area contributed by atoms with Crippen molar-refractivity contribution < 1.29 is 0 Å². The predicted octanol–water partition coefficient (Wildman–Crippen LogP) is 2.23. The summed E-state index contributed by atoms with van der Waals surface area (Å²) in [5.74, 6) is 2.80. The summed E-state index contributed by atoms with van der Waals surface area (Å²) in [6.07, 6.45) is 2.88. The summed E-state index contributed by atoms with van der Waals surface area (Å²) in [6, 6.07) is 0. The molecule has 1 heteroatoms. The lowest BCUT2D eigenvalue weighted by Crippen LogP contribution is -1.96. The molecule has 1 fully saturated rings. The standard InChI is InChI=1S/C6H11S/c1-5(4-7)6-2-3-6/h5-6H,2-4H2,1H3. The van der Waals surface area contributed by atoms with E-state index >= 15 is 0 Å². The first-order chi connectivity index (χ1) is 3.34. The van der Waals surface area contributed by atoms with Crippen LogP contribution in [0.2, 0.25) is 0 Å². The molecule has 0 N–H and O–H groups in total. The number of hydrogen-bond donors (Lipinski definition) is 0. The van der Waals surface area contributed by atoms with Crippen molar-refractivity contribution in [3.8, 4) is 0 Å². The minimum atomic E-state index is 0.829. The van der Waals surface area contributed by atoms with Crippen LogP contribution in [-0.4, -0.2) is 5.75 Å². The van der Waals surface area contributed by atoms with E-state index in [9.17, 15) is 0 Å². The Hall–Kier alpha value is 0.350. The third kappa shape index (κ3) is 1.37. The van der Waals surface area contributed by atoms with E-state index in [1.54, 1.807) is 0 Å². The lowest BCUT2D eigenvalue weighted by molar-refractivity contribution is 0.575. The molecule has 1 saturated carbocycles. The first kappa shape index (κ1) is 5.49. The fraction of sp³-hybridized carbons (Fsp3) is 1.00. The highest BCUT2D eigenvalue weighted by atomic mass is 32.1. The summed E-state index contributed by atoms with van der Waals surface area (Å²) in [6.45, 7) is 2.25. The molecule has 0 aromatic heterocycles. The van der Waals surface area contributed by atoms with Gasteiger partial charge in [0.15, 0.2) is 0 Å². The van der Waals surface area contributed by atoms with Crippen LogP contribution < -0.4 is 0 Å². The van der Waals surface area contributed by atoms with Crippen molar-refractivity contribution >= 4 is 12.6 Å². The molecule has 0 aromatic carbocycles. The van der Waals surface area contributed by atoms with Gasteiger partial charge in [0, 0.05) is 5.75 Å². The molecule has 1 aliphatic carbocycles. The first-order valence-electron chi connectivity index (χ1n) is 2.92. The van der Waals surface area contributed by atoms with Gasteiger partial charge < -0.3 is 0 Å². The van der Waals surface area contributed by atoms with Gasteiger partial charge in [-0.05, 0) is 24.7 Å². The van der Waals surface area contributed by atoms with Crippen LogP contribution in [0.25, 0.3) is 0 Å². The minimum absolute atomic E-state index is 0.829. The SMILES string of the molecule is CC(C[S])C1CC1. The second-order valence-corrected chi connectivity index (χ2v) is 2.81. The normalized spacial score (nSPS) is 24.9. The summed E-state index contributed by atoms with van der Waals surface area (Å²) in [5.41, 5.74) is 0. The predicted molar refractivity (Wildman–Crippen MR) is 34.3 cm³/mol. The van der Waals surface area contributed by atoms with Gasteiger partial charge in [0.25, 0.3) is 0 Å². The topological polar surface area (TPSA) is 0 Å². The summed E-state index contributed by atoms with van der Waals surface area (Å²) >= 11 is 4.89.